The summed E-state index contributed by atoms with van der Waals surface area (Å²) in [5.74, 6) is -0.661. The van der Waals surface area contributed by atoms with Gasteiger partial charge in [-0.25, -0.2) is 0 Å². The van der Waals surface area contributed by atoms with Crippen LogP contribution in [0.4, 0.5) is 0 Å². The number of rotatable bonds is 7. The molecule has 1 aromatic carbocycles. The molecular formula is C18H23NO4. The van der Waals surface area contributed by atoms with Crippen LogP contribution in [0.5, 0.6) is 0 Å². The number of imide groups is 1. The lowest BCUT2D eigenvalue weighted by Gasteiger charge is -2.22. The summed E-state index contributed by atoms with van der Waals surface area (Å²) < 4.78 is 5.06. The van der Waals surface area contributed by atoms with Gasteiger partial charge in [-0.2, -0.15) is 0 Å². The number of benzene rings is 1. The van der Waals surface area contributed by atoms with E-state index in [-0.39, 0.29) is 17.8 Å². The summed E-state index contributed by atoms with van der Waals surface area (Å²) >= 11 is 0. The fraction of sp³-hybridized carbons (Fsp3) is 0.500. The maximum atomic E-state index is 12.2. The van der Waals surface area contributed by atoms with Gasteiger partial charge in [-0.3, -0.25) is 19.3 Å². The second kappa shape index (κ2) is 6.94. The zero-order chi connectivity index (χ0) is 17.0. The average Bonchev–Trinajstić information content (AvgIpc) is 2.76. The quantitative estimate of drug-likeness (QED) is 0.440. The molecule has 0 saturated carbocycles. The van der Waals surface area contributed by atoms with Crippen molar-refractivity contribution in [3.05, 3.63) is 35.4 Å². The third-order valence-corrected chi connectivity index (χ3v) is 4.14. The van der Waals surface area contributed by atoms with E-state index in [0.29, 0.717) is 37.1 Å². The Kier molecular flexibility index (Phi) is 5.19. The molecule has 5 nitrogen and oxygen atoms in total. The molecule has 124 valence electrons. The third kappa shape index (κ3) is 3.60. The number of nitrogens with zero attached hydrogens (tertiary/aromatic N) is 1. The van der Waals surface area contributed by atoms with Gasteiger partial charge in [0.25, 0.3) is 11.8 Å². The van der Waals surface area contributed by atoms with Gasteiger partial charge < -0.3 is 4.74 Å². The second-order valence-electron chi connectivity index (χ2n) is 6.37. The van der Waals surface area contributed by atoms with Crippen LogP contribution in [0.15, 0.2) is 24.3 Å². The highest BCUT2D eigenvalue weighted by Gasteiger charge is 2.35. The summed E-state index contributed by atoms with van der Waals surface area (Å²) in [4.78, 5) is 37.6. The molecule has 2 rings (SSSR count). The van der Waals surface area contributed by atoms with Crippen LogP contribution < -0.4 is 0 Å². The minimum Gasteiger partial charge on any atom is -0.466 e. The summed E-state index contributed by atoms with van der Waals surface area (Å²) in [6, 6.07) is 6.88. The monoisotopic (exact) mass is 317 g/mol. The summed E-state index contributed by atoms with van der Waals surface area (Å²) in [5.41, 5.74) is 0.409. The Hall–Kier alpha value is -2.17. The van der Waals surface area contributed by atoms with Crippen LogP contribution in [0.25, 0.3) is 0 Å². The van der Waals surface area contributed by atoms with Crippen LogP contribution in [-0.4, -0.2) is 35.8 Å². The number of carbonyl (C=O) groups excluding carboxylic acids is 3. The standard InChI is InChI=1S/C18H23NO4/c1-4-23-17(22)18(2,3)11-7-8-12-19-15(20)13-9-5-6-10-14(13)16(19)21/h5-6,9-10H,4,7-8,11-12H2,1-3H3. The predicted molar refractivity (Wildman–Crippen MR) is 86.1 cm³/mol. The van der Waals surface area contributed by atoms with Crippen LogP contribution in [-0.2, 0) is 9.53 Å². The summed E-state index contributed by atoms with van der Waals surface area (Å²) in [7, 11) is 0. The van der Waals surface area contributed by atoms with Gasteiger partial charge in [-0.1, -0.05) is 18.6 Å². The average molecular weight is 317 g/mol. The van der Waals surface area contributed by atoms with Crippen LogP contribution >= 0.6 is 0 Å². The molecule has 1 aliphatic rings. The molecule has 0 radical (unpaired) electrons. The lowest BCUT2D eigenvalue weighted by Crippen LogP contribution is -2.31. The Morgan fingerprint density at radius 3 is 2.17 bits per heavy atom. The first-order chi connectivity index (χ1) is 10.9. The number of hydrogen-bond acceptors (Lipinski definition) is 4. The molecule has 1 aromatic rings. The van der Waals surface area contributed by atoms with E-state index < -0.39 is 5.41 Å². The van der Waals surface area contributed by atoms with Crippen LogP contribution in [0.2, 0.25) is 0 Å². The van der Waals surface area contributed by atoms with Gasteiger partial charge >= 0.3 is 5.97 Å². The van der Waals surface area contributed by atoms with E-state index in [2.05, 4.69) is 0 Å². The zero-order valence-corrected chi connectivity index (χ0v) is 13.9. The second-order valence-corrected chi connectivity index (χ2v) is 6.37. The van der Waals surface area contributed by atoms with Crippen molar-refractivity contribution < 1.29 is 19.1 Å². The number of ether oxygens (including phenoxy) is 1. The lowest BCUT2D eigenvalue weighted by molar-refractivity contribution is -0.153. The number of amides is 2. The first-order valence-corrected chi connectivity index (χ1v) is 8.01. The summed E-state index contributed by atoms with van der Waals surface area (Å²) in [6.07, 6.45) is 2.09. The van der Waals surface area contributed by atoms with Crippen LogP contribution in [0.3, 0.4) is 0 Å². The molecule has 23 heavy (non-hydrogen) atoms. The Morgan fingerprint density at radius 2 is 1.65 bits per heavy atom. The Morgan fingerprint density at radius 1 is 1.09 bits per heavy atom. The van der Waals surface area contributed by atoms with Gasteiger partial charge in [0.15, 0.2) is 0 Å². The molecule has 1 heterocycles. The first kappa shape index (κ1) is 17.2. The third-order valence-electron chi connectivity index (χ3n) is 4.14. The normalized spacial score (nSPS) is 14.1. The molecule has 5 heteroatoms. The van der Waals surface area contributed by atoms with E-state index in [9.17, 15) is 14.4 Å². The lowest BCUT2D eigenvalue weighted by atomic mass is 9.87. The molecule has 0 fully saturated rings. The van der Waals surface area contributed by atoms with Gasteiger partial charge in [0.1, 0.15) is 0 Å². The summed E-state index contributed by atoms with van der Waals surface area (Å²) in [6.45, 7) is 6.25. The molecule has 0 atom stereocenters. The molecule has 0 spiro atoms. The van der Waals surface area contributed by atoms with Crippen molar-refractivity contribution in [1.82, 2.24) is 4.90 Å². The molecular weight excluding hydrogens is 294 g/mol. The van der Waals surface area contributed by atoms with Crippen molar-refractivity contribution in [2.75, 3.05) is 13.2 Å². The van der Waals surface area contributed by atoms with Crippen LogP contribution in [0, 0.1) is 5.41 Å². The Balaban J connectivity index is 1.85. The van der Waals surface area contributed by atoms with E-state index >= 15 is 0 Å². The number of carbonyl (C=O) groups is 3. The number of hydrogen-bond donors (Lipinski definition) is 0. The Labute approximate surface area is 136 Å². The number of esters is 1. The van der Waals surface area contributed by atoms with Crippen LogP contribution in [0.1, 0.15) is 60.7 Å². The van der Waals surface area contributed by atoms with Gasteiger partial charge in [0, 0.05) is 6.54 Å². The van der Waals surface area contributed by atoms with Crippen molar-refractivity contribution in [1.29, 1.82) is 0 Å². The van der Waals surface area contributed by atoms with Crippen molar-refractivity contribution in [2.24, 2.45) is 5.41 Å². The molecule has 0 bridgehead atoms. The molecule has 0 saturated heterocycles. The molecule has 0 aromatic heterocycles. The van der Waals surface area contributed by atoms with Crippen molar-refractivity contribution in [3.8, 4) is 0 Å². The SMILES string of the molecule is CCOC(=O)C(C)(C)CCCCN1C(=O)c2ccccc2C1=O. The highest BCUT2D eigenvalue weighted by molar-refractivity contribution is 6.21. The topological polar surface area (TPSA) is 63.7 Å². The smallest absolute Gasteiger partial charge is 0.311 e. The minimum absolute atomic E-state index is 0.208. The van der Waals surface area contributed by atoms with Crippen molar-refractivity contribution in [3.63, 3.8) is 0 Å². The highest BCUT2D eigenvalue weighted by Crippen LogP contribution is 2.26. The predicted octanol–water partition coefficient (Wildman–Crippen LogP) is 3.04. The molecule has 0 unspecified atom stereocenters. The van der Waals surface area contributed by atoms with Gasteiger partial charge in [-0.15, -0.1) is 0 Å². The van der Waals surface area contributed by atoms with E-state index in [1.165, 1.54) is 4.90 Å². The fourth-order valence-electron chi connectivity index (χ4n) is 2.71. The van der Waals surface area contributed by atoms with Crippen molar-refractivity contribution in [2.45, 2.75) is 40.0 Å². The summed E-state index contributed by atoms with van der Waals surface area (Å²) in [5, 5.41) is 0. The maximum Gasteiger partial charge on any atom is 0.311 e. The van der Waals surface area contributed by atoms with E-state index in [1.807, 2.05) is 13.8 Å². The number of unbranched alkanes of at least 4 members (excludes halogenated alkanes) is 1. The highest BCUT2D eigenvalue weighted by atomic mass is 16.5. The van der Waals surface area contributed by atoms with E-state index in [1.54, 1.807) is 31.2 Å². The maximum absolute atomic E-state index is 12.2. The molecule has 0 aliphatic carbocycles. The van der Waals surface area contributed by atoms with E-state index in [4.69, 9.17) is 4.74 Å². The fourth-order valence-corrected chi connectivity index (χ4v) is 2.71. The molecule has 0 N–H and O–H groups in total. The molecule has 1 aliphatic heterocycles. The van der Waals surface area contributed by atoms with Gasteiger partial charge in [0.2, 0.25) is 0 Å². The minimum atomic E-state index is -0.544. The van der Waals surface area contributed by atoms with Crippen molar-refractivity contribution >= 4 is 17.8 Å². The number of fused-ring (bicyclic) bond motifs is 1. The van der Waals surface area contributed by atoms with Gasteiger partial charge in [0.05, 0.1) is 23.1 Å². The largest absolute Gasteiger partial charge is 0.466 e. The first-order valence-electron chi connectivity index (χ1n) is 8.01. The zero-order valence-electron chi connectivity index (χ0n) is 13.9. The molecule has 2 amide bonds. The van der Waals surface area contributed by atoms with Gasteiger partial charge in [-0.05, 0) is 45.7 Å². The van der Waals surface area contributed by atoms with E-state index in [0.717, 1.165) is 6.42 Å². The Bertz CT molecular complexity index is 586.